The Hall–Kier alpha value is -2.40. The van der Waals surface area contributed by atoms with E-state index in [1.165, 1.54) is 43.6 Å². The summed E-state index contributed by atoms with van der Waals surface area (Å²) in [6.07, 6.45) is 0.961. The predicted molar refractivity (Wildman–Crippen MR) is 123 cm³/mol. The number of carbonyl (C=O) groups excluding carboxylic acids is 1. The topological polar surface area (TPSA) is 108 Å². The highest BCUT2D eigenvalue weighted by Gasteiger charge is 2.21. The van der Waals surface area contributed by atoms with Crippen LogP contribution in [0.25, 0.3) is 11.4 Å². The maximum absolute atomic E-state index is 12.4. The summed E-state index contributed by atoms with van der Waals surface area (Å²) in [7, 11) is -0.901. The molecule has 0 bridgehead atoms. The molecular weight excluding hydrogens is 458 g/mol. The van der Waals surface area contributed by atoms with E-state index in [0.717, 1.165) is 16.3 Å². The molecule has 0 saturated carbocycles. The van der Waals surface area contributed by atoms with Crippen LogP contribution in [0.5, 0.6) is 0 Å². The van der Waals surface area contributed by atoms with Crippen molar-refractivity contribution in [1.82, 2.24) is 19.5 Å². The minimum atomic E-state index is -3.73. The van der Waals surface area contributed by atoms with E-state index in [9.17, 15) is 13.2 Å². The van der Waals surface area contributed by atoms with Crippen molar-refractivity contribution < 1.29 is 13.2 Å². The molecule has 1 amide bonds. The number of anilines is 1. The largest absolute Gasteiger partial charge is 0.325 e. The standard InChI is InChI=1S/C20H22ClN5O3S2/c1-4-13-5-7-14(8-6-13)19-23-20(25-24-19)30-12-18(27)22-15-9-10-16(21)17(11-15)31(28,29)26(2)3/h5-11H,4,12H2,1-3H3,(H,22,27)(H,23,24,25). The van der Waals surface area contributed by atoms with Gasteiger partial charge in [-0.2, -0.15) is 0 Å². The van der Waals surface area contributed by atoms with Gasteiger partial charge in [0.15, 0.2) is 5.82 Å². The average Bonchev–Trinajstić information content (AvgIpc) is 3.22. The minimum Gasteiger partial charge on any atom is -0.325 e. The number of halogens is 1. The first kappa shape index (κ1) is 23.3. The van der Waals surface area contributed by atoms with Gasteiger partial charge in [-0.25, -0.2) is 17.7 Å². The molecule has 0 spiro atoms. The molecule has 2 N–H and O–H groups in total. The van der Waals surface area contributed by atoms with Crippen LogP contribution in [-0.4, -0.2) is 53.7 Å². The molecule has 8 nitrogen and oxygen atoms in total. The van der Waals surface area contributed by atoms with Crippen molar-refractivity contribution in [3.05, 3.63) is 53.1 Å². The number of nitrogens with one attached hydrogen (secondary N) is 2. The number of amides is 1. The summed E-state index contributed by atoms with van der Waals surface area (Å²) >= 11 is 7.20. The van der Waals surface area contributed by atoms with Crippen LogP contribution in [0.3, 0.4) is 0 Å². The number of hydrogen-bond donors (Lipinski definition) is 2. The van der Waals surface area contributed by atoms with Crippen molar-refractivity contribution in [3.8, 4) is 11.4 Å². The van der Waals surface area contributed by atoms with Crippen LogP contribution < -0.4 is 5.32 Å². The van der Waals surface area contributed by atoms with E-state index in [4.69, 9.17) is 11.6 Å². The van der Waals surface area contributed by atoms with Crippen LogP contribution in [0.1, 0.15) is 12.5 Å². The van der Waals surface area contributed by atoms with Crippen molar-refractivity contribution in [2.45, 2.75) is 23.4 Å². The van der Waals surface area contributed by atoms with Gasteiger partial charge in [-0.05, 0) is 30.2 Å². The van der Waals surface area contributed by atoms with Gasteiger partial charge < -0.3 is 5.32 Å². The van der Waals surface area contributed by atoms with Gasteiger partial charge >= 0.3 is 0 Å². The third-order valence-corrected chi connectivity index (χ3v) is 7.55. The molecule has 0 atom stereocenters. The molecule has 0 unspecified atom stereocenters. The molecule has 0 saturated heterocycles. The molecule has 0 aliphatic carbocycles. The third kappa shape index (κ3) is 5.65. The molecule has 1 heterocycles. The molecular formula is C20H22ClN5O3S2. The molecule has 2 aromatic carbocycles. The van der Waals surface area contributed by atoms with Gasteiger partial charge in [-0.15, -0.1) is 5.10 Å². The van der Waals surface area contributed by atoms with E-state index in [-0.39, 0.29) is 21.6 Å². The number of aromatic nitrogens is 3. The number of nitrogens with zero attached hydrogens (tertiary/aromatic N) is 3. The fourth-order valence-electron chi connectivity index (χ4n) is 2.64. The Bertz CT molecular complexity index is 1180. The Morgan fingerprint density at radius 3 is 2.55 bits per heavy atom. The van der Waals surface area contributed by atoms with Crippen LogP contribution in [0, 0.1) is 0 Å². The molecule has 0 aliphatic heterocycles. The molecule has 0 aliphatic rings. The number of hydrogen-bond acceptors (Lipinski definition) is 6. The molecule has 0 fully saturated rings. The Kier molecular flexibility index (Phi) is 7.37. The molecule has 164 valence electrons. The number of carbonyl (C=O) groups is 1. The van der Waals surface area contributed by atoms with Gasteiger partial charge in [-0.3, -0.25) is 9.89 Å². The summed E-state index contributed by atoms with van der Waals surface area (Å²) in [5.74, 6) is 0.366. The van der Waals surface area contributed by atoms with Crippen molar-refractivity contribution in [1.29, 1.82) is 0 Å². The van der Waals surface area contributed by atoms with Crippen LogP contribution in [0.2, 0.25) is 5.02 Å². The molecule has 3 rings (SSSR count). The van der Waals surface area contributed by atoms with Crippen molar-refractivity contribution in [2.24, 2.45) is 0 Å². The van der Waals surface area contributed by atoms with E-state index < -0.39 is 10.0 Å². The summed E-state index contributed by atoms with van der Waals surface area (Å²) in [5.41, 5.74) is 2.48. The lowest BCUT2D eigenvalue weighted by atomic mass is 10.1. The Balaban J connectivity index is 1.63. The van der Waals surface area contributed by atoms with E-state index >= 15 is 0 Å². The van der Waals surface area contributed by atoms with Gasteiger partial charge in [0.05, 0.1) is 10.8 Å². The van der Waals surface area contributed by atoms with Gasteiger partial charge in [0.1, 0.15) is 4.90 Å². The summed E-state index contributed by atoms with van der Waals surface area (Å²) in [6, 6.07) is 12.3. The van der Waals surface area contributed by atoms with Gasteiger partial charge in [0.25, 0.3) is 0 Å². The van der Waals surface area contributed by atoms with E-state index in [0.29, 0.717) is 16.7 Å². The Labute approximate surface area is 190 Å². The van der Waals surface area contributed by atoms with E-state index in [1.807, 2.05) is 24.3 Å². The highest BCUT2D eigenvalue weighted by Crippen LogP contribution is 2.27. The zero-order chi connectivity index (χ0) is 22.6. The van der Waals surface area contributed by atoms with Crippen LogP contribution in [0.4, 0.5) is 5.69 Å². The maximum atomic E-state index is 12.4. The second-order valence-corrected chi connectivity index (χ2v) is 10.3. The fraction of sp³-hybridized carbons (Fsp3) is 0.250. The lowest BCUT2D eigenvalue weighted by Gasteiger charge is -2.14. The first-order chi connectivity index (χ1) is 14.7. The molecule has 31 heavy (non-hydrogen) atoms. The second-order valence-electron chi connectivity index (χ2n) is 6.79. The number of H-pyrrole nitrogens is 1. The number of benzene rings is 2. The Morgan fingerprint density at radius 2 is 1.90 bits per heavy atom. The smallest absolute Gasteiger partial charge is 0.244 e. The maximum Gasteiger partial charge on any atom is 0.244 e. The predicted octanol–water partition coefficient (Wildman–Crippen LogP) is 3.67. The molecule has 11 heteroatoms. The minimum absolute atomic E-state index is 0.0600. The summed E-state index contributed by atoms with van der Waals surface area (Å²) in [6.45, 7) is 2.09. The molecule has 0 radical (unpaired) electrons. The van der Waals surface area contributed by atoms with Gasteiger partial charge in [0, 0.05) is 25.3 Å². The number of sulfonamides is 1. The zero-order valence-electron chi connectivity index (χ0n) is 17.2. The Morgan fingerprint density at radius 1 is 1.19 bits per heavy atom. The highest BCUT2D eigenvalue weighted by molar-refractivity contribution is 7.99. The number of aryl methyl sites for hydroxylation is 1. The highest BCUT2D eigenvalue weighted by atomic mass is 35.5. The van der Waals surface area contributed by atoms with Crippen LogP contribution in [0.15, 0.2) is 52.5 Å². The zero-order valence-corrected chi connectivity index (χ0v) is 19.6. The van der Waals surface area contributed by atoms with Crippen molar-refractivity contribution >= 4 is 45.0 Å². The molecule has 3 aromatic rings. The summed E-state index contributed by atoms with van der Waals surface area (Å²) < 4.78 is 25.8. The van der Waals surface area contributed by atoms with Crippen molar-refractivity contribution in [2.75, 3.05) is 25.2 Å². The number of rotatable bonds is 8. The molecule has 1 aromatic heterocycles. The monoisotopic (exact) mass is 479 g/mol. The average molecular weight is 480 g/mol. The first-order valence-electron chi connectivity index (χ1n) is 9.37. The lowest BCUT2D eigenvalue weighted by molar-refractivity contribution is -0.113. The summed E-state index contributed by atoms with van der Waals surface area (Å²) in [5, 5.41) is 10.2. The van der Waals surface area contributed by atoms with Crippen LogP contribution in [-0.2, 0) is 21.2 Å². The quantitative estimate of drug-likeness (QED) is 0.477. The van der Waals surface area contributed by atoms with Gasteiger partial charge in [0.2, 0.25) is 21.1 Å². The van der Waals surface area contributed by atoms with E-state index in [1.54, 1.807) is 6.07 Å². The number of aromatic amines is 1. The summed E-state index contributed by atoms with van der Waals surface area (Å²) in [4.78, 5) is 16.7. The van der Waals surface area contributed by atoms with E-state index in [2.05, 4.69) is 27.4 Å². The normalized spacial score (nSPS) is 11.6. The fourth-order valence-corrected chi connectivity index (χ4v) is 4.63. The van der Waals surface area contributed by atoms with Gasteiger partial charge in [-0.1, -0.05) is 54.6 Å². The first-order valence-corrected chi connectivity index (χ1v) is 12.2. The third-order valence-electron chi connectivity index (χ3n) is 4.41. The SMILES string of the molecule is CCc1ccc(-c2nc(SCC(=O)Nc3ccc(Cl)c(S(=O)(=O)N(C)C)c3)n[nH]2)cc1. The lowest BCUT2D eigenvalue weighted by Crippen LogP contribution is -2.23. The number of thioether (sulfide) groups is 1. The van der Waals surface area contributed by atoms with Crippen molar-refractivity contribution in [3.63, 3.8) is 0 Å². The van der Waals surface area contributed by atoms with Crippen LogP contribution >= 0.6 is 23.4 Å². The second kappa shape index (κ2) is 9.82.